The monoisotopic (exact) mass is 281 g/mol. The minimum absolute atomic E-state index is 0.165. The fraction of sp³-hybridized carbons (Fsp3) is 0.273. The first-order chi connectivity index (χ1) is 8.97. The standard InChI is InChI=1S/C11H12ClN5O2/c1-11(2,9(18)13-10-14-16-17-15-10)19-8-5-3-7(12)4-6-8/h3-6H,1-2H3,(H2,13,14,15,16,17,18). The number of hydrogen-bond donors (Lipinski definition) is 2. The Bertz CT molecular complexity index is 553. The van der Waals surface area contributed by atoms with Crippen LogP contribution in [-0.2, 0) is 4.79 Å². The minimum atomic E-state index is -1.08. The number of carbonyl (C=O) groups excluding carboxylic acids is 1. The maximum atomic E-state index is 12.0. The third kappa shape index (κ3) is 3.41. The summed E-state index contributed by atoms with van der Waals surface area (Å²) >= 11 is 5.78. The average Bonchev–Trinajstić information content (AvgIpc) is 2.84. The molecular weight excluding hydrogens is 270 g/mol. The fourth-order valence-electron chi connectivity index (χ4n) is 1.31. The Morgan fingerprint density at radius 3 is 2.63 bits per heavy atom. The van der Waals surface area contributed by atoms with Gasteiger partial charge in [0.15, 0.2) is 5.60 Å². The van der Waals surface area contributed by atoms with Crippen LogP contribution in [0.15, 0.2) is 24.3 Å². The molecule has 1 heterocycles. The van der Waals surface area contributed by atoms with E-state index in [2.05, 4.69) is 25.9 Å². The van der Waals surface area contributed by atoms with E-state index in [0.717, 1.165) is 0 Å². The van der Waals surface area contributed by atoms with Crippen molar-refractivity contribution in [3.63, 3.8) is 0 Å². The van der Waals surface area contributed by atoms with E-state index in [1.807, 2.05) is 0 Å². The lowest BCUT2D eigenvalue weighted by molar-refractivity contribution is -0.128. The van der Waals surface area contributed by atoms with E-state index in [-0.39, 0.29) is 11.9 Å². The maximum Gasteiger partial charge on any atom is 0.270 e. The quantitative estimate of drug-likeness (QED) is 0.889. The zero-order valence-corrected chi connectivity index (χ0v) is 11.1. The highest BCUT2D eigenvalue weighted by Crippen LogP contribution is 2.21. The average molecular weight is 282 g/mol. The molecule has 7 nitrogen and oxygen atoms in total. The Morgan fingerprint density at radius 2 is 2.05 bits per heavy atom. The Hall–Kier alpha value is -2.15. The topological polar surface area (TPSA) is 92.8 Å². The predicted octanol–water partition coefficient (Wildman–Crippen LogP) is 1.65. The van der Waals surface area contributed by atoms with E-state index < -0.39 is 5.60 Å². The molecule has 0 aliphatic heterocycles. The van der Waals surface area contributed by atoms with Crippen LogP contribution in [0.1, 0.15) is 13.8 Å². The summed E-state index contributed by atoms with van der Waals surface area (Å²) in [5.74, 6) is 0.332. The van der Waals surface area contributed by atoms with Crippen LogP contribution < -0.4 is 10.1 Å². The highest BCUT2D eigenvalue weighted by molar-refractivity contribution is 6.30. The summed E-state index contributed by atoms with van der Waals surface area (Å²) in [4.78, 5) is 12.0. The number of amides is 1. The number of aromatic amines is 1. The molecule has 2 N–H and O–H groups in total. The van der Waals surface area contributed by atoms with Gasteiger partial charge in [-0.3, -0.25) is 10.1 Å². The second-order valence-corrected chi connectivity index (χ2v) is 4.71. The van der Waals surface area contributed by atoms with Gasteiger partial charge in [0.1, 0.15) is 5.75 Å². The van der Waals surface area contributed by atoms with Gasteiger partial charge in [0.2, 0.25) is 5.95 Å². The predicted molar refractivity (Wildman–Crippen MR) is 69.0 cm³/mol. The van der Waals surface area contributed by atoms with Gasteiger partial charge < -0.3 is 4.74 Å². The first-order valence-corrected chi connectivity index (χ1v) is 5.85. The number of rotatable bonds is 4. The molecule has 2 rings (SSSR count). The van der Waals surface area contributed by atoms with Gasteiger partial charge in [-0.1, -0.05) is 16.7 Å². The molecular formula is C11H12ClN5O2. The molecule has 0 spiro atoms. The largest absolute Gasteiger partial charge is 0.478 e. The molecule has 1 aromatic heterocycles. The molecule has 0 saturated heterocycles. The van der Waals surface area contributed by atoms with Crippen molar-refractivity contribution < 1.29 is 9.53 Å². The zero-order valence-electron chi connectivity index (χ0n) is 10.3. The van der Waals surface area contributed by atoms with Crippen molar-refractivity contribution in [2.24, 2.45) is 0 Å². The van der Waals surface area contributed by atoms with Crippen molar-refractivity contribution >= 4 is 23.5 Å². The van der Waals surface area contributed by atoms with E-state index in [0.29, 0.717) is 10.8 Å². The van der Waals surface area contributed by atoms with Crippen molar-refractivity contribution in [2.45, 2.75) is 19.4 Å². The minimum Gasteiger partial charge on any atom is -0.478 e. The van der Waals surface area contributed by atoms with Crippen LogP contribution >= 0.6 is 11.6 Å². The molecule has 0 atom stereocenters. The molecule has 0 aliphatic rings. The summed E-state index contributed by atoms with van der Waals surface area (Å²) in [7, 11) is 0. The number of tetrazole rings is 1. The van der Waals surface area contributed by atoms with Crippen LogP contribution in [-0.4, -0.2) is 32.1 Å². The van der Waals surface area contributed by atoms with E-state index in [1.54, 1.807) is 38.1 Å². The van der Waals surface area contributed by atoms with Crippen molar-refractivity contribution in [2.75, 3.05) is 5.32 Å². The highest BCUT2D eigenvalue weighted by atomic mass is 35.5. The molecule has 1 aromatic carbocycles. The summed E-state index contributed by atoms with van der Waals surface area (Å²) in [6, 6.07) is 6.75. The Balaban J connectivity index is 2.04. The van der Waals surface area contributed by atoms with Gasteiger partial charge in [-0.15, -0.1) is 0 Å². The zero-order chi connectivity index (χ0) is 13.9. The molecule has 2 aromatic rings. The van der Waals surface area contributed by atoms with E-state index in [1.165, 1.54) is 0 Å². The Morgan fingerprint density at radius 1 is 1.37 bits per heavy atom. The lowest BCUT2D eigenvalue weighted by Gasteiger charge is -2.24. The second-order valence-electron chi connectivity index (χ2n) is 4.27. The smallest absolute Gasteiger partial charge is 0.270 e. The third-order valence-corrected chi connectivity index (χ3v) is 2.56. The van der Waals surface area contributed by atoms with Gasteiger partial charge in [0.05, 0.1) is 0 Å². The maximum absolute atomic E-state index is 12.0. The summed E-state index contributed by atoms with van der Waals surface area (Å²) in [6.45, 7) is 3.28. The van der Waals surface area contributed by atoms with Crippen LogP contribution in [0.4, 0.5) is 5.95 Å². The number of hydrogen-bond acceptors (Lipinski definition) is 5. The number of carbonyl (C=O) groups is 1. The molecule has 1 amide bonds. The number of aromatic nitrogens is 4. The number of ether oxygens (including phenoxy) is 1. The molecule has 0 saturated carbocycles. The van der Waals surface area contributed by atoms with Crippen LogP contribution in [0, 0.1) is 0 Å². The first kappa shape index (κ1) is 13.3. The SMILES string of the molecule is CC(C)(Oc1ccc(Cl)cc1)C(=O)Nc1nnn[nH]1. The molecule has 0 unspecified atom stereocenters. The molecule has 8 heteroatoms. The van der Waals surface area contributed by atoms with Crippen LogP contribution in [0.5, 0.6) is 5.75 Å². The van der Waals surface area contributed by atoms with Crippen LogP contribution in [0.25, 0.3) is 0 Å². The molecule has 0 radical (unpaired) electrons. The van der Waals surface area contributed by atoms with Crippen molar-refractivity contribution in [3.05, 3.63) is 29.3 Å². The number of benzene rings is 1. The third-order valence-electron chi connectivity index (χ3n) is 2.31. The summed E-state index contributed by atoms with van der Waals surface area (Å²) in [5, 5.41) is 15.8. The molecule has 100 valence electrons. The van der Waals surface area contributed by atoms with E-state index in [9.17, 15) is 4.79 Å². The molecule has 19 heavy (non-hydrogen) atoms. The molecule has 0 fully saturated rings. The van der Waals surface area contributed by atoms with Crippen molar-refractivity contribution in [1.82, 2.24) is 20.6 Å². The van der Waals surface area contributed by atoms with E-state index in [4.69, 9.17) is 16.3 Å². The number of nitrogens with zero attached hydrogens (tertiary/aromatic N) is 3. The number of halogens is 1. The number of H-pyrrole nitrogens is 1. The summed E-state index contributed by atoms with van der Waals surface area (Å²) < 4.78 is 5.61. The molecule has 0 aliphatic carbocycles. The van der Waals surface area contributed by atoms with Gasteiger partial charge in [-0.05, 0) is 48.5 Å². The highest BCUT2D eigenvalue weighted by Gasteiger charge is 2.30. The van der Waals surface area contributed by atoms with Crippen LogP contribution in [0.3, 0.4) is 0 Å². The lowest BCUT2D eigenvalue weighted by Crippen LogP contribution is -2.42. The number of nitrogens with one attached hydrogen (secondary N) is 2. The van der Waals surface area contributed by atoms with Crippen LogP contribution in [0.2, 0.25) is 5.02 Å². The number of anilines is 1. The van der Waals surface area contributed by atoms with Gasteiger partial charge in [0.25, 0.3) is 5.91 Å². The second kappa shape index (κ2) is 5.23. The fourth-order valence-corrected chi connectivity index (χ4v) is 1.44. The van der Waals surface area contributed by atoms with Gasteiger partial charge in [-0.2, -0.15) is 0 Å². The van der Waals surface area contributed by atoms with Gasteiger partial charge >= 0.3 is 0 Å². The van der Waals surface area contributed by atoms with Crippen molar-refractivity contribution in [3.8, 4) is 5.75 Å². The lowest BCUT2D eigenvalue weighted by atomic mass is 10.1. The Labute approximate surface area is 114 Å². The van der Waals surface area contributed by atoms with Crippen molar-refractivity contribution in [1.29, 1.82) is 0 Å². The summed E-state index contributed by atoms with van der Waals surface area (Å²) in [5.41, 5.74) is -1.08. The first-order valence-electron chi connectivity index (χ1n) is 5.47. The van der Waals surface area contributed by atoms with E-state index >= 15 is 0 Å². The Kier molecular flexibility index (Phi) is 3.66. The van der Waals surface area contributed by atoms with Gasteiger partial charge in [0, 0.05) is 5.02 Å². The molecule has 0 bridgehead atoms. The normalized spacial score (nSPS) is 11.1. The summed E-state index contributed by atoms with van der Waals surface area (Å²) in [6.07, 6.45) is 0. The van der Waals surface area contributed by atoms with Gasteiger partial charge in [-0.25, -0.2) is 5.10 Å².